The van der Waals surface area contributed by atoms with E-state index < -0.39 is 6.10 Å². The summed E-state index contributed by atoms with van der Waals surface area (Å²) in [4.78, 5) is 14.9. The number of hydrogen-bond acceptors (Lipinski definition) is 4. The number of hydrogen-bond donors (Lipinski definition) is 2. The third-order valence-electron chi connectivity index (χ3n) is 6.61. The molecule has 1 unspecified atom stereocenters. The van der Waals surface area contributed by atoms with Crippen LogP contribution in [0.1, 0.15) is 32.1 Å². The van der Waals surface area contributed by atoms with Crippen LogP contribution in [0.3, 0.4) is 0 Å². The lowest BCUT2D eigenvalue weighted by Crippen LogP contribution is -2.52. The van der Waals surface area contributed by atoms with Crippen molar-refractivity contribution in [2.45, 2.75) is 38.2 Å². The number of morpholine rings is 1. The first-order chi connectivity index (χ1) is 11.2. The zero-order valence-electron chi connectivity index (χ0n) is 14.0. The SMILES string of the molecule is O=C(NCC(O)CN1CCOCC1)C1C2CC3CC(C2)CC1C3. The molecule has 4 bridgehead atoms. The van der Waals surface area contributed by atoms with Gasteiger partial charge in [-0.05, 0) is 55.8 Å². The predicted octanol–water partition coefficient (Wildman–Crippen LogP) is 0.868. The van der Waals surface area contributed by atoms with Gasteiger partial charge in [0.15, 0.2) is 0 Å². The number of aliphatic hydroxyl groups excluding tert-OH is 1. The summed E-state index contributed by atoms with van der Waals surface area (Å²) in [6, 6.07) is 0. The molecule has 1 aliphatic heterocycles. The zero-order valence-corrected chi connectivity index (χ0v) is 14.0. The van der Waals surface area contributed by atoms with Crippen molar-refractivity contribution in [1.29, 1.82) is 0 Å². The number of nitrogens with one attached hydrogen (secondary N) is 1. The number of carbonyl (C=O) groups excluding carboxylic acids is 1. The number of rotatable bonds is 5. The lowest BCUT2D eigenvalue weighted by Gasteiger charge is -2.53. The molecule has 5 fully saturated rings. The minimum absolute atomic E-state index is 0.208. The smallest absolute Gasteiger partial charge is 0.223 e. The Kier molecular flexibility index (Phi) is 4.61. The molecule has 5 rings (SSSR count). The van der Waals surface area contributed by atoms with E-state index >= 15 is 0 Å². The third kappa shape index (κ3) is 3.42. The van der Waals surface area contributed by atoms with Gasteiger partial charge in [-0.15, -0.1) is 0 Å². The van der Waals surface area contributed by atoms with Crippen LogP contribution < -0.4 is 5.32 Å². The number of ether oxygens (including phenoxy) is 1. The minimum Gasteiger partial charge on any atom is -0.390 e. The van der Waals surface area contributed by atoms with Crippen LogP contribution in [0.4, 0.5) is 0 Å². The molecule has 4 saturated carbocycles. The molecular weight excluding hydrogens is 292 g/mol. The highest BCUT2D eigenvalue weighted by Crippen LogP contribution is 2.56. The summed E-state index contributed by atoms with van der Waals surface area (Å²) in [7, 11) is 0. The fourth-order valence-electron chi connectivity index (χ4n) is 5.84. The first-order valence-electron chi connectivity index (χ1n) is 9.45. The van der Waals surface area contributed by atoms with Crippen LogP contribution in [0, 0.1) is 29.6 Å². The molecule has 130 valence electrons. The lowest BCUT2D eigenvalue weighted by molar-refractivity contribution is -0.138. The summed E-state index contributed by atoms with van der Waals surface area (Å²) in [5.41, 5.74) is 0. The zero-order chi connectivity index (χ0) is 15.8. The van der Waals surface area contributed by atoms with Crippen LogP contribution in [0.15, 0.2) is 0 Å². The Hall–Kier alpha value is -0.650. The van der Waals surface area contributed by atoms with Crippen molar-refractivity contribution in [2.24, 2.45) is 29.6 Å². The van der Waals surface area contributed by atoms with Crippen LogP contribution in [0.2, 0.25) is 0 Å². The molecule has 4 aliphatic carbocycles. The Bertz CT molecular complexity index is 408. The average molecular weight is 322 g/mol. The van der Waals surface area contributed by atoms with Gasteiger partial charge in [0, 0.05) is 32.1 Å². The number of aliphatic hydroxyl groups is 1. The van der Waals surface area contributed by atoms with E-state index in [1.807, 2.05) is 0 Å². The van der Waals surface area contributed by atoms with Gasteiger partial charge in [0.05, 0.1) is 19.3 Å². The van der Waals surface area contributed by atoms with Crippen LogP contribution in [-0.2, 0) is 9.53 Å². The molecule has 1 atom stereocenters. The van der Waals surface area contributed by atoms with Crippen molar-refractivity contribution >= 4 is 5.91 Å². The van der Waals surface area contributed by atoms with Gasteiger partial charge in [-0.25, -0.2) is 0 Å². The Balaban J connectivity index is 1.25. The van der Waals surface area contributed by atoms with Gasteiger partial charge in [-0.2, -0.15) is 0 Å². The van der Waals surface area contributed by atoms with Crippen molar-refractivity contribution in [2.75, 3.05) is 39.4 Å². The molecule has 1 amide bonds. The van der Waals surface area contributed by atoms with Gasteiger partial charge in [0.25, 0.3) is 0 Å². The van der Waals surface area contributed by atoms with E-state index in [0.29, 0.717) is 24.9 Å². The average Bonchev–Trinajstić information content (AvgIpc) is 2.53. The second-order valence-electron chi connectivity index (χ2n) is 8.27. The van der Waals surface area contributed by atoms with Crippen LogP contribution in [0.25, 0.3) is 0 Å². The van der Waals surface area contributed by atoms with E-state index in [1.54, 1.807) is 0 Å². The molecule has 0 aromatic carbocycles. The standard InChI is InChI=1S/C18H30N2O3/c21-16(11-20-1-3-23-4-2-20)10-19-18(22)17-14-6-12-5-13(8-14)9-15(17)7-12/h12-17,21H,1-11H2,(H,19,22). The third-order valence-corrected chi connectivity index (χ3v) is 6.61. The van der Waals surface area contributed by atoms with Crippen LogP contribution in [0.5, 0.6) is 0 Å². The molecule has 5 heteroatoms. The molecule has 5 aliphatic rings. The van der Waals surface area contributed by atoms with Gasteiger partial charge in [0.1, 0.15) is 0 Å². The van der Waals surface area contributed by atoms with Crippen LogP contribution >= 0.6 is 0 Å². The molecule has 0 radical (unpaired) electrons. The van der Waals surface area contributed by atoms with Gasteiger partial charge in [-0.3, -0.25) is 9.69 Å². The van der Waals surface area contributed by atoms with Crippen molar-refractivity contribution in [3.63, 3.8) is 0 Å². The van der Waals surface area contributed by atoms with Crippen molar-refractivity contribution in [3.05, 3.63) is 0 Å². The molecule has 1 heterocycles. The van der Waals surface area contributed by atoms with Gasteiger partial charge >= 0.3 is 0 Å². The highest BCUT2D eigenvalue weighted by Gasteiger charge is 2.50. The second kappa shape index (κ2) is 6.69. The summed E-state index contributed by atoms with van der Waals surface area (Å²) >= 11 is 0. The molecule has 23 heavy (non-hydrogen) atoms. The number of β-amino-alcohol motifs (C(OH)–C–C–N with tert-alkyl or cyclic N) is 1. The highest BCUT2D eigenvalue weighted by atomic mass is 16.5. The fraction of sp³-hybridized carbons (Fsp3) is 0.944. The van der Waals surface area contributed by atoms with E-state index in [1.165, 1.54) is 32.1 Å². The first-order valence-corrected chi connectivity index (χ1v) is 9.45. The Morgan fingerprint density at radius 1 is 1.09 bits per heavy atom. The van der Waals surface area contributed by atoms with Crippen molar-refractivity contribution < 1.29 is 14.6 Å². The van der Waals surface area contributed by atoms with E-state index in [9.17, 15) is 9.90 Å². The van der Waals surface area contributed by atoms with E-state index in [0.717, 1.165) is 38.1 Å². The number of amides is 1. The molecular formula is C18H30N2O3. The van der Waals surface area contributed by atoms with E-state index in [2.05, 4.69) is 10.2 Å². The molecule has 2 N–H and O–H groups in total. The molecule has 1 saturated heterocycles. The highest BCUT2D eigenvalue weighted by molar-refractivity contribution is 5.79. The lowest BCUT2D eigenvalue weighted by atomic mass is 9.51. The molecule has 0 aromatic heterocycles. The summed E-state index contributed by atoms with van der Waals surface area (Å²) in [5, 5.41) is 13.3. The van der Waals surface area contributed by atoms with Crippen molar-refractivity contribution in [1.82, 2.24) is 10.2 Å². The summed E-state index contributed by atoms with van der Waals surface area (Å²) in [6.45, 7) is 4.26. The number of carbonyl (C=O) groups is 1. The first kappa shape index (κ1) is 15.9. The maximum atomic E-state index is 12.7. The largest absolute Gasteiger partial charge is 0.390 e. The Labute approximate surface area is 138 Å². The minimum atomic E-state index is -0.478. The maximum Gasteiger partial charge on any atom is 0.223 e. The van der Waals surface area contributed by atoms with Crippen LogP contribution in [-0.4, -0.2) is 61.4 Å². The summed E-state index contributed by atoms with van der Waals surface area (Å²) in [5.74, 6) is 3.45. The molecule has 0 aromatic rings. The van der Waals surface area contributed by atoms with Crippen molar-refractivity contribution in [3.8, 4) is 0 Å². The quantitative estimate of drug-likeness (QED) is 0.788. The Morgan fingerprint density at radius 3 is 2.30 bits per heavy atom. The maximum absolute atomic E-state index is 12.7. The summed E-state index contributed by atoms with van der Waals surface area (Å²) < 4.78 is 5.32. The van der Waals surface area contributed by atoms with E-state index in [4.69, 9.17) is 4.74 Å². The van der Waals surface area contributed by atoms with E-state index in [-0.39, 0.29) is 11.8 Å². The van der Waals surface area contributed by atoms with Gasteiger partial charge < -0.3 is 15.2 Å². The monoisotopic (exact) mass is 322 g/mol. The topological polar surface area (TPSA) is 61.8 Å². The summed E-state index contributed by atoms with van der Waals surface area (Å²) in [6.07, 6.45) is 6.00. The normalized spacial score (nSPS) is 41.0. The molecule has 5 nitrogen and oxygen atoms in total. The van der Waals surface area contributed by atoms with Gasteiger partial charge in [-0.1, -0.05) is 0 Å². The predicted molar refractivity (Wildman–Crippen MR) is 86.8 cm³/mol. The second-order valence-corrected chi connectivity index (χ2v) is 8.27. The fourth-order valence-corrected chi connectivity index (χ4v) is 5.84. The van der Waals surface area contributed by atoms with Gasteiger partial charge in [0.2, 0.25) is 5.91 Å². The Morgan fingerprint density at radius 2 is 1.70 bits per heavy atom. The molecule has 0 spiro atoms. The number of nitrogens with zero attached hydrogens (tertiary/aromatic N) is 1.